The molecular formula is C24H25N3O5. The number of aromatic nitrogens is 1. The van der Waals surface area contributed by atoms with Crippen LogP contribution in [0.3, 0.4) is 0 Å². The van der Waals surface area contributed by atoms with Crippen LogP contribution in [0.25, 0.3) is 10.9 Å². The molecule has 1 aliphatic heterocycles. The molecule has 0 spiro atoms. The summed E-state index contributed by atoms with van der Waals surface area (Å²) in [6, 6.07) is 11.6. The molecule has 166 valence electrons. The third-order valence-electron chi connectivity index (χ3n) is 5.54. The Bertz CT molecular complexity index is 1150. The molecule has 1 aliphatic rings. The Balaban J connectivity index is 1.39. The van der Waals surface area contributed by atoms with Crippen LogP contribution in [0, 0.1) is 0 Å². The van der Waals surface area contributed by atoms with Gasteiger partial charge in [-0.1, -0.05) is 0 Å². The van der Waals surface area contributed by atoms with Gasteiger partial charge in [-0.2, -0.15) is 0 Å². The molecule has 0 bridgehead atoms. The predicted molar refractivity (Wildman–Crippen MR) is 120 cm³/mol. The molecule has 0 unspecified atom stereocenters. The number of hydrogen-bond acceptors (Lipinski definition) is 6. The third-order valence-corrected chi connectivity index (χ3v) is 5.54. The molecule has 1 atom stereocenters. The number of methoxy groups -OCH3 is 1. The number of hydrogen-bond donors (Lipinski definition) is 2. The second kappa shape index (κ2) is 9.23. The molecule has 2 N–H and O–H groups in total. The van der Waals surface area contributed by atoms with Crippen molar-refractivity contribution < 1.29 is 23.9 Å². The van der Waals surface area contributed by atoms with Crippen LogP contribution in [0.15, 0.2) is 48.7 Å². The Morgan fingerprint density at radius 3 is 2.69 bits per heavy atom. The van der Waals surface area contributed by atoms with Crippen molar-refractivity contribution >= 4 is 34.4 Å². The summed E-state index contributed by atoms with van der Waals surface area (Å²) in [7, 11) is 1.63. The van der Waals surface area contributed by atoms with E-state index in [1.165, 1.54) is 4.90 Å². The lowest BCUT2D eigenvalue weighted by atomic mass is 10.1. The summed E-state index contributed by atoms with van der Waals surface area (Å²) in [6.45, 7) is 2.56. The van der Waals surface area contributed by atoms with Crippen molar-refractivity contribution in [3.05, 3.63) is 59.8 Å². The van der Waals surface area contributed by atoms with E-state index in [0.29, 0.717) is 24.2 Å². The molecule has 2 aromatic carbocycles. The molecule has 0 aliphatic carbocycles. The van der Waals surface area contributed by atoms with E-state index < -0.39 is 12.0 Å². The zero-order valence-corrected chi connectivity index (χ0v) is 18.0. The van der Waals surface area contributed by atoms with Gasteiger partial charge in [0, 0.05) is 23.6 Å². The summed E-state index contributed by atoms with van der Waals surface area (Å²) in [5, 5.41) is 4.28. The molecule has 32 heavy (non-hydrogen) atoms. The van der Waals surface area contributed by atoms with Crippen molar-refractivity contribution in [2.24, 2.45) is 0 Å². The van der Waals surface area contributed by atoms with Gasteiger partial charge >= 0.3 is 5.97 Å². The van der Waals surface area contributed by atoms with E-state index in [2.05, 4.69) is 10.3 Å². The molecule has 4 rings (SSSR count). The van der Waals surface area contributed by atoms with Crippen LogP contribution >= 0.6 is 0 Å². The van der Waals surface area contributed by atoms with Crippen molar-refractivity contribution in [2.75, 3.05) is 25.2 Å². The SMILES string of the molecule is CCOC(=O)c1ccc(N2C(=O)C[C@@H](NCCc3c[nH]c4ccc(OC)cc34)C2=O)cc1. The van der Waals surface area contributed by atoms with E-state index in [9.17, 15) is 14.4 Å². The zero-order valence-electron chi connectivity index (χ0n) is 18.0. The largest absolute Gasteiger partial charge is 0.497 e. The Hall–Kier alpha value is -3.65. The highest BCUT2D eigenvalue weighted by Crippen LogP contribution is 2.25. The molecule has 2 heterocycles. The van der Waals surface area contributed by atoms with Crippen molar-refractivity contribution in [1.29, 1.82) is 0 Å². The minimum atomic E-state index is -0.577. The number of imide groups is 1. The number of esters is 1. The van der Waals surface area contributed by atoms with Crippen LogP contribution in [-0.4, -0.2) is 49.1 Å². The zero-order chi connectivity index (χ0) is 22.7. The first-order valence-electron chi connectivity index (χ1n) is 10.5. The van der Waals surface area contributed by atoms with Crippen LogP contribution in [0.1, 0.15) is 29.3 Å². The Morgan fingerprint density at radius 1 is 1.19 bits per heavy atom. The van der Waals surface area contributed by atoms with Gasteiger partial charge in [-0.15, -0.1) is 0 Å². The standard InChI is InChI=1S/C24H25N3O5/c1-3-32-24(30)15-4-6-17(7-5-15)27-22(28)13-21(23(27)29)25-11-10-16-14-26-20-9-8-18(31-2)12-19(16)20/h4-9,12,14,21,25-26H,3,10-11,13H2,1-2H3/t21-/m1/s1. The molecule has 0 radical (unpaired) electrons. The van der Waals surface area contributed by atoms with Gasteiger partial charge in [0.25, 0.3) is 5.91 Å². The molecule has 1 aromatic heterocycles. The van der Waals surface area contributed by atoms with E-state index in [0.717, 1.165) is 22.2 Å². The molecule has 0 saturated carbocycles. The number of nitrogens with zero attached hydrogens (tertiary/aromatic N) is 1. The number of aromatic amines is 1. The number of fused-ring (bicyclic) bond motifs is 1. The minimum absolute atomic E-state index is 0.0974. The lowest BCUT2D eigenvalue weighted by Gasteiger charge is -2.16. The fourth-order valence-electron chi connectivity index (χ4n) is 3.90. The maximum absolute atomic E-state index is 12.9. The Kier molecular flexibility index (Phi) is 6.23. The Labute approximate surface area is 185 Å². The van der Waals surface area contributed by atoms with Gasteiger partial charge in [0.1, 0.15) is 5.75 Å². The predicted octanol–water partition coefficient (Wildman–Crippen LogP) is 2.82. The van der Waals surface area contributed by atoms with Crippen LogP contribution in [0.5, 0.6) is 5.75 Å². The van der Waals surface area contributed by atoms with Gasteiger partial charge in [0.2, 0.25) is 5.91 Å². The maximum Gasteiger partial charge on any atom is 0.338 e. The fraction of sp³-hybridized carbons (Fsp3) is 0.292. The summed E-state index contributed by atoms with van der Waals surface area (Å²) in [4.78, 5) is 41.6. The first kappa shape index (κ1) is 21.6. The number of benzene rings is 2. The van der Waals surface area contributed by atoms with Crippen molar-refractivity contribution in [1.82, 2.24) is 10.3 Å². The highest BCUT2D eigenvalue weighted by atomic mass is 16.5. The average molecular weight is 435 g/mol. The highest BCUT2D eigenvalue weighted by Gasteiger charge is 2.39. The molecule has 1 saturated heterocycles. The third kappa shape index (κ3) is 4.22. The smallest absolute Gasteiger partial charge is 0.338 e. The summed E-state index contributed by atoms with van der Waals surface area (Å²) < 4.78 is 10.3. The number of amides is 2. The lowest BCUT2D eigenvalue weighted by molar-refractivity contribution is -0.121. The normalized spacial score (nSPS) is 16.1. The van der Waals surface area contributed by atoms with Gasteiger partial charge in [-0.25, -0.2) is 9.69 Å². The van der Waals surface area contributed by atoms with Crippen LogP contribution < -0.4 is 15.0 Å². The number of carbonyl (C=O) groups is 3. The van der Waals surface area contributed by atoms with Crippen LogP contribution in [-0.2, 0) is 20.7 Å². The minimum Gasteiger partial charge on any atom is -0.497 e. The van der Waals surface area contributed by atoms with E-state index in [1.54, 1.807) is 38.3 Å². The van der Waals surface area contributed by atoms with E-state index in [-0.39, 0.29) is 24.8 Å². The van der Waals surface area contributed by atoms with Crippen molar-refractivity contribution in [3.8, 4) is 5.75 Å². The number of rotatable bonds is 8. The van der Waals surface area contributed by atoms with Crippen molar-refractivity contribution in [2.45, 2.75) is 25.8 Å². The molecule has 1 fully saturated rings. The van der Waals surface area contributed by atoms with Gasteiger partial charge < -0.3 is 19.8 Å². The Morgan fingerprint density at radius 2 is 1.97 bits per heavy atom. The molecule has 2 amide bonds. The van der Waals surface area contributed by atoms with Crippen LogP contribution in [0.2, 0.25) is 0 Å². The topological polar surface area (TPSA) is 101 Å². The number of anilines is 1. The monoisotopic (exact) mass is 435 g/mol. The van der Waals surface area contributed by atoms with E-state index in [1.807, 2.05) is 24.4 Å². The van der Waals surface area contributed by atoms with E-state index in [4.69, 9.17) is 9.47 Å². The first-order chi connectivity index (χ1) is 15.5. The van der Waals surface area contributed by atoms with Crippen LogP contribution in [0.4, 0.5) is 5.69 Å². The summed E-state index contributed by atoms with van der Waals surface area (Å²) in [6.07, 6.45) is 2.74. The van der Waals surface area contributed by atoms with Gasteiger partial charge in [0.05, 0.1) is 37.4 Å². The second-order valence-electron chi connectivity index (χ2n) is 7.52. The number of H-pyrrole nitrogens is 1. The first-order valence-corrected chi connectivity index (χ1v) is 10.5. The quantitative estimate of drug-likeness (QED) is 0.417. The van der Waals surface area contributed by atoms with E-state index >= 15 is 0 Å². The number of carbonyl (C=O) groups excluding carboxylic acids is 3. The average Bonchev–Trinajstić information content (AvgIpc) is 3.33. The number of nitrogens with one attached hydrogen (secondary N) is 2. The number of ether oxygens (including phenoxy) is 2. The molecular weight excluding hydrogens is 410 g/mol. The lowest BCUT2D eigenvalue weighted by Crippen LogP contribution is -2.39. The maximum atomic E-state index is 12.9. The summed E-state index contributed by atoms with van der Waals surface area (Å²) in [5.41, 5.74) is 2.95. The van der Waals surface area contributed by atoms with Crippen molar-refractivity contribution in [3.63, 3.8) is 0 Å². The molecule has 3 aromatic rings. The fourth-order valence-corrected chi connectivity index (χ4v) is 3.90. The highest BCUT2D eigenvalue weighted by molar-refractivity contribution is 6.22. The molecule has 8 nitrogen and oxygen atoms in total. The summed E-state index contributed by atoms with van der Waals surface area (Å²) >= 11 is 0. The molecule has 8 heteroatoms. The van der Waals surface area contributed by atoms with Gasteiger partial charge in [0.15, 0.2) is 0 Å². The van der Waals surface area contributed by atoms with Gasteiger partial charge in [-0.3, -0.25) is 9.59 Å². The van der Waals surface area contributed by atoms with Gasteiger partial charge in [-0.05, 0) is 61.4 Å². The second-order valence-corrected chi connectivity index (χ2v) is 7.52. The summed E-state index contributed by atoms with van der Waals surface area (Å²) in [5.74, 6) is -0.215.